The van der Waals surface area contributed by atoms with Crippen LogP contribution in [0.15, 0.2) is 48.5 Å². The lowest BCUT2D eigenvalue weighted by Crippen LogP contribution is -2.50. The highest BCUT2D eigenvalue weighted by molar-refractivity contribution is 5.99. The number of hydrogen-bond acceptors (Lipinski definition) is 4. The van der Waals surface area contributed by atoms with Crippen LogP contribution >= 0.6 is 0 Å². The van der Waals surface area contributed by atoms with E-state index in [1.165, 1.54) is 12.1 Å². The number of benzene rings is 2. The van der Waals surface area contributed by atoms with Crippen molar-refractivity contribution in [2.45, 2.75) is 72.4 Å². The number of halogens is 1. The van der Waals surface area contributed by atoms with Crippen LogP contribution in [0.3, 0.4) is 0 Å². The maximum absolute atomic E-state index is 13.9. The zero-order chi connectivity index (χ0) is 28.9. The molecule has 0 saturated carbocycles. The predicted octanol–water partition coefficient (Wildman–Crippen LogP) is 4.55. The highest BCUT2D eigenvalue weighted by Gasteiger charge is 2.26. The Labute approximate surface area is 232 Å². The Morgan fingerprint density at radius 2 is 1.59 bits per heavy atom. The minimum absolute atomic E-state index is 0.0927. The van der Waals surface area contributed by atoms with Gasteiger partial charge in [-0.2, -0.15) is 0 Å². The number of nitrogens with two attached hydrogens (primary N) is 1. The van der Waals surface area contributed by atoms with Crippen LogP contribution in [-0.2, 0) is 11.2 Å². The lowest BCUT2D eigenvalue weighted by Gasteiger charge is -2.27. The molecule has 0 spiro atoms. The average Bonchev–Trinajstić information content (AvgIpc) is 2.90. The second-order valence-electron chi connectivity index (χ2n) is 10.7. The number of carbonyl (C=O) groups excluding carboxylic acids is 3. The van der Waals surface area contributed by atoms with Gasteiger partial charge in [0.15, 0.2) is 0 Å². The van der Waals surface area contributed by atoms with E-state index in [4.69, 9.17) is 5.73 Å². The Bertz CT molecular complexity index is 1090. The van der Waals surface area contributed by atoms with Crippen LogP contribution in [0.2, 0.25) is 0 Å². The second kappa shape index (κ2) is 16.0. The molecule has 0 unspecified atom stereocenters. The molecule has 0 aliphatic heterocycles. The van der Waals surface area contributed by atoms with Crippen LogP contribution < -0.4 is 16.4 Å². The van der Waals surface area contributed by atoms with E-state index in [1.807, 2.05) is 34.6 Å². The molecule has 0 heterocycles. The number of hydrogen-bond donors (Lipinski definition) is 3. The van der Waals surface area contributed by atoms with Crippen molar-refractivity contribution in [1.82, 2.24) is 15.5 Å². The Kier molecular flexibility index (Phi) is 13.1. The molecule has 39 heavy (non-hydrogen) atoms. The van der Waals surface area contributed by atoms with E-state index in [2.05, 4.69) is 10.6 Å². The first-order valence-electron chi connectivity index (χ1n) is 14.0. The Hall–Kier alpha value is -3.26. The molecule has 7 nitrogen and oxygen atoms in total. The van der Waals surface area contributed by atoms with Gasteiger partial charge in [0.05, 0.1) is 0 Å². The van der Waals surface area contributed by atoms with Gasteiger partial charge in [-0.1, -0.05) is 52.8 Å². The fraction of sp³-hybridized carbons (Fsp3) is 0.516. The van der Waals surface area contributed by atoms with Crippen LogP contribution in [0.25, 0.3) is 0 Å². The summed E-state index contributed by atoms with van der Waals surface area (Å²) < 4.78 is 13.9. The minimum atomic E-state index is -0.563. The van der Waals surface area contributed by atoms with Crippen molar-refractivity contribution in [2.75, 3.05) is 19.6 Å². The number of nitrogens with one attached hydrogen (secondary N) is 2. The summed E-state index contributed by atoms with van der Waals surface area (Å²) in [5.41, 5.74) is 8.04. The van der Waals surface area contributed by atoms with Crippen LogP contribution in [-0.4, -0.2) is 54.3 Å². The molecule has 214 valence electrons. The molecular weight excluding hydrogens is 495 g/mol. The van der Waals surface area contributed by atoms with Crippen molar-refractivity contribution in [2.24, 2.45) is 17.6 Å². The first kappa shape index (κ1) is 32.0. The molecule has 0 saturated heterocycles. The van der Waals surface area contributed by atoms with E-state index in [0.717, 1.165) is 12.8 Å². The smallest absolute Gasteiger partial charge is 0.253 e. The normalized spacial score (nSPS) is 13.4. The van der Waals surface area contributed by atoms with E-state index in [1.54, 1.807) is 41.3 Å². The number of carbonyl (C=O) groups is 3. The van der Waals surface area contributed by atoms with E-state index >= 15 is 0 Å². The molecule has 0 bridgehead atoms. The SMILES string of the molecule is CCCN(CCC)C(=O)c1cccc(C(=O)N[C@@H](Cc2cccc(F)c2)[C@@H](N)C[C@@H](C)C(=O)NCC(C)C)c1. The topological polar surface area (TPSA) is 105 Å². The molecule has 0 aromatic heterocycles. The highest BCUT2D eigenvalue weighted by Crippen LogP contribution is 2.16. The Balaban J connectivity index is 2.23. The van der Waals surface area contributed by atoms with Crippen LogP contribution in [0.1, 0.15) is 80.2 Å². The van der Waals surface area contributed by atoms with Crippen molar-refractivity contribution < 1.29 is 18.8 Å². The lowest BCUT2D eigenvalue weighted by molar-refractivity contribution is -0.125. The van der Waals surface area contributed by atoms with Gasteiger partial charge >= 0.3 is 0 Å². The zero-order valence-corrected chi connectivity index (χ0v) is 24.0. The first-order chi connectivity index (χ1) is 18.5. The predicted molar refractivity (Wildman–Crippen MR) is 154 cm³/mol. The fourth-order valence-electron chi connectivity index (χ4n) is 4.47. The van der Waals surface area contributed by atoms with E-state index in [0.29, 0.717) is 55.1 Å². The van der Waals surface area contributed by atoms with Crippen molar-refractivity contribution in [3.8, 4) is 0 Å². The summed E-state index contributed by atoms with van der Waals surface area (Å²) in [5, 5.41) is 5.92. The van der Waals surface area contributed by atoms with Crippen molar-refractivity contribution in [1.29, 1.82) is 0 Å². The molecule has 4 N–H and O–H groups in total. The molecular formula is C31H45FN4O3. The molecule has 0 aliphatic carbocycles. The van der Waals surface area contributed by atoms with Crippen LogP contribution in [0, 0.1) is 17.7 Å². The number of nitrogens with zero attached hydrogens (tertiary/aromatic N) is 1. The molecule has 2 aromatic rings. The molecule has 2 rings (SSSR count). The van der Waals surface area contributed by atoms with Gasteiger partial charge < -0.3 is 21.3 Å². The largest absolute Gasteiger partial charge is 0.356 e. The second-order valence-corrected chi connectivity index (χ2v) is 10.7. The summed E-state index contributed by atoms with van der Waals surface area (Å²) in [7, 11) is 0. The van der Waals surface area contributed by atoms with Gasteiger partial charge in [-0.15, -0.1) is 0 Å². The summed E-state index contributed by atoms with van der Waals surface area (Å²) in [6.07, 6.45) is 2.33. The third-order valence-corrected chi connectivity index (χ3v) is 6.58. The van der Waals surface area contributed by atoms with Crippen molar-refractivity contribution >= 4 is 17.7 Å². The maximum Gasteiger partial charge on any atom is 0.253 e. The molecule has 0 aliphatic rings. The summed E-state index contributed by atoms with van der Waals surface area (Å²) in [4.78, 5) is 40.8. The number of amides is 3. The van der Waals surface area contributed by atoms with Gasteiger partial charge in [0.1, 0.15) is 5.82 Å². The average molecular weight is 541 g/mol. The fourth-order valence-corrected chi connectivity index (χ4v) is 4.47. The molecule has 8 heteroatoms. The highest BCUT2D eigenvalue weighted by atomic mass is 19.1. The first-order valence-corrected chi connectivity index (χ1v) is 14.0. The Morgan fingerprint density at radius 3 is 2.21 bits per heavy atom. The summed E-state index contributed by atoms with van der Waals surface area (Å²) in [5.74, 6) is -0.991. The van der Waals surface area contributed by atoms with Crippen LogP contribution in [0.4, 0.5) is 4.39 Å². The molecule has 0 radical (unpaired) electrons. The van der Waals surface area contributed by atoms with Crippen LogP contribution in [0.5, 0.6) is 0 Å². The van der Waals surface area contributed by atoms with Gasteiger partial charge in [-0.3, -0.25) is 14.4 Å². The summed E-state index contributed by atoms with van der Waals surface area (Å²) in [6, 6.07) is 11.7. The van der Waals surface area contributed by atoms with Gasteiger partial charge in [-0.05, 0) is 67.5 Å². The standard InChI is InChI=1S/C31H45FN4O3/c1-6-14-36(15-7-2)31(39)25-12-9-11-24(19-25)30(38)35-28(18-23-10-8-13-26(32)17-23)27(33)16-22(5)29(37)34-20-21(3)4/h8-13,17,19,21-22,27-28H,6-7,14-16,18,20,33H2,1-5H3,(H,34,37)(H,35,38)/t22-,27+,28+/m1/s1. The lowest BCUT2D eigenvalue weighted by atomic mass is 9.91. The molecule has 0 fully saturated rings. The van der Waals surface area contributed by atoms with E-state index in [9.17, 15) is 18.8 Å². The van der Waals surface area contributed by atoms with Crippen molar-refractivity contribution in [3.63, 3.8) is 0 Å². The van der Waals surface area contributed by atoms with Gasteiger partial charge in [0.25, 0.3) is 11.8 Å². The van der Waals surface area contributed by atoms with E-state index in [-0.39, 0.29) is 29.5 Å². The quantitative estimate of drug-likeness (QED) is 0.308. The third kappa shape index (κ3) is 10.4. The summed E-state index contributed by atoms with van der Waals surface area (Å²) >= 11 is 0. The van der Waals surface area contributed by atoms with Gasteiger partial charge in [-0.25, -0.2) is 4.39 Å². The van der Waals surface area contributed by atoms with Gasteiger partial charge in [0, 0.05) is 48.8 Å². The summed E-state index contributed by atoms with van der Waals surface area (Å²) in [6.45, 7) is 11.8. The minimum Gasteiger partial charge on any atom is -0.356 e. The maximum atomic E-state index is 13.9. The molecule has 2 aromatic carbocycles. The zero-order valence-electron chi connectivity index (χ0n) is 24.0. The molecule has 3 amide bonds. The van der Waals surface area contributed by atoms with Crippen molar-refractivity contribution in [3.05, 3.63) is 71.0 Å². The van der Waals surface area contributed by atoms with E-state index < -0.39 is 12.1 Å². The monoisotopic (exact) mass is 540 g/mol. The van der Waals surface area contributed by atoms with Gasteiger partial charge in [0.2, 0.25) is 5.91 Å². The molecule has 3 atom stereocenters. The third-order valence-electron chi connectivity index (χ3n) is 6.58. The number of rotatable bonds is 15. The Morgan fingerprint density at radius 1 is 0.949 bits per heavy atom.